The summed E-state index contributed by atoms with van der Waals surface area (Å²) < 4.78 is 1.71. The van der Waals surface area contributed by atoms with Crippen LogP contribution in [0.5, 0.6) is 0 Å². The summed E-state index contributed by atoms with van der Waals surface area (Å²) in [4.78, 5) is 20.6. The van der Waals surface area contributed by atoms with Gasteiger partial charge in [0.2, 0.25) is 0 Å². The molecule has 3 heterocycles. The van der Waals surface area contributed by atoms with E-state index >= 15 is 0 Å². The lowest BCUT2D eigenvalue weighted by atomic mass is 10.1. The van der Waals surface area contributed by atoms with E-state index in [1.165, 1.54) is 0 Å². The molecule has 3 aromatic heterocycles. The van der Waals surface area contributed by atoms with Crippen LogP contribution in [-0.4, -0.2) is 25.7 Å². The first-order valence-electron chi connectivity index (χ1n) is 7.73. The molecule has 0 bridgehead atoms. The summed E-state index contributed by atoms with van der Waals surface area (Å²) in [5, 5.41) is 9.19. The number of aryl methyl sites for hydroxylation is 3. The normalized spacial score (nSPS) is 11.3. The minimum atomic E-state index is -0.157. The Morgan fingerprint density at radius 3 is 2.92 bits per heavy atom. The van der Waals surface area contributed by atoms with Crippen LogP contribution in [0.1, 0.15) is 21.7 Å². The SMILES string of the molecule is Cc1cc(C(=O)Nc2cccc3[nH]ccc23)c2c(C)nn(C)c2n1. The fourth-order valence-electron chi connectivity index (χ4n) is 3.13. The van der Waals surface area contributed by atoms with Gasteiger partial charge < -0.3 is 10.3 Å². The van der Waals surface area contributed by atoms with Gasteiger partial charge in [0.15, 0.2) is 5.65 Å². The van der Waals surface area contributed by atoms with Gasteiger partial charge in [0.05, 0.1) is 22.3 Å². The highest BCUT2D eigenvalue weighted by Gasteiger charge is 2.18. The predicted molar refractivity (Wildman–Crippen MR) is 94.2 cm³/mol. The summed E-state index contributed by atoms with van der Waals surface area (Å²) in [6, 6.07) is 9.55. The molecule has 0 spiro atoms. The number of rotatable bonds is 2. The van der Waals surface area contributed by atoms with Gasteiger partial charge in [0.25, 0.3) is 5.91 Å². The Hall–Kier alpha value is -3.15. The van der Waals surface area contributed by atoms with Crippen LogP contribution < -0.4 is 5.32 Å². The summed E-state index contributed by atoms with van der Waals surface area (Å²) >= 11 is 0. The van der Waals surface area contributed by atoms with Crippen molar-refractivity contribution in [3.8, 4) is 0 Å². The summed E-state index contributed by atoms with van der Waals surface area (Å²) in [6.45, 7) is 3.77. The molecule has 0 atom stereocenters. The molecule has 6 heteroatoms. The molecule has 0 unspecified atom stereocenters. The van der Waals surface area contributed by atoms with Gasteiger partial charge in [-0.15, -0.1) is 0 Å². The number of aromatic nitrogens is 4. The molecule has 4 aromatic rings. The van der Waals surface area contributed by atoms with E-state index in [1.54, 1.807) is 4.68 Å². The predicted octanol–water partition coefficient (Wildman–Crippen LogP) is 3.32. The number of anilines is 1. The molecular formula is C18H17N5O. The smallest absolute Gasteiger partial charge is 0.256 e. The van der Waals surface area contributed by atoms with Crippen molar-refractivity contribution in [2.45, 2.75) is 13.8 Å². The Labute approximate surface area is 138 Å². The number of hydrogen-bond donors (Lipinski definition) is 2. The lowest BCUT2D eigenvalue weighted by Crippen LogP contribution is -2.13. The van der Waals surface area contributed by atoms with Crippen molar-refractivity contribution in [1.82, 2.24) is 19.7 Å². The van der Waals surface area contributed by atoms with Crippen LogP contribution in [0.25, 0.3) is 21.9 Å². The van der Waals surface area contributed by atoms with Crippen LogP contribution in [0.2, 0.25) is 0 Å². The van der Waals surface area contributed by atoms with Crippen molar-refractivity contribution in [3.05, 3.63) is 53.5 Å². The highest BCUT2D eigenvalue weighted by molar-refractivity contribution is 6.14. The van der Waals surface area contributed by atoms with Gasteiger partial charge in [-0.05, 0) is 38.1 Å². The van der Waals surface area contributed by atoms with Crippen molar-refractivity contribution in [1.29, 1.82) is 0 Å². The molecule has 24 heavy (non-hydrogen) atoms. The molecule has 1 aromatic carbocycles. The van der Waals surface area contributed by atoms with E-state index in [9.17, 15) is 4.79 Å². The lowest BCUT2D eigenvalue weighted by molar-refractivity contribution is 0.102. The second-order valence-electron chi connectivity index (χ2n) is 5.92. The first-order chi connectivity index (χ1) is 11.5. The van der Waals surface area contributed by atoms with Crippen molar-refractivity contribution in [2.75, 3.05) is 5.32 Å². The fraction of sp³-hybridized carbons (Fsp3) is 0.167. The van der Waals surface area contributed by atoms with Crippen LogP contribution in [0.3, 0.4) is 0 Å². The Bertz CT molecular complexity index is 1090. The zero-order valence-electron chi connectivity index (χ0n) is 13.7. The van der Waals surface area contributed by atoms with Gasteiger partial charge in [-0.2, -0.15) is 5.10 Å². The van der Waals surface area contributed by atoms with Crippen LogP contribution >= 0.6 is 0 Å². The quantitative estimate of drug-likeness (QED) is 0.595. The molecule has 0 aliphatic rings. The third kappa shape index (κ3) is 2.15. The van der Waals surface area contributed by atoms with E-state index in [2.05, 4.69) is 20.4 Å². The average Bonchev–Trinajstić information content (AvgIpc) is 3.13. The van der Waals surface area contributed by atoms with Crippen LogP contribution in [0.15, 0.2) is 36.5 Å². The molecule has 1 amide bonds. The van der Waals surface area contributed by atoms with Crippen LogP contribution in [-0.2, 0) is 7.05 Å². The summed E-state index contributed by atoms with van der Waals surface area (Å²) in [7, 11) is 1.84. The van der Waals surface area contributed by atoms with E-state index in [1.807, 2.05) is 57.4 Å². The second-order valence-corrected chi connectivity index (χ2v) is 5.92. The zero-order valence-corrected chi connectivity index (χ0v) is 13.7. The number of carbonyl (C=O) groups excluding carboxylic acids is 1. The number of H-pyrrole nitrogens is 1. The topological polar surface area (TPSA) is 75.6 Å². The number of hydrogen-bond acceptors (Lipinski definition) is 3. The molecule has 0 aliphatic heterocycles. The van der Waals surface area contributed by atoms with Gasteiger partial charge in [-0.25, -0.2) is 4.98 Å². The second kappa shape index (κ2) is 5.19. The molecule has 0 aliphatic carbocycles. The minimum Gasteiger partial charge on any atom is -0.361 e. The summed E-state index contributed by atoms with van der Waals surface area (Å²) in [6.07, 6.45) is 1.86. The maximum atomic E-state index is 12.9. The molecule has 2 N–H and O–H groups in total. The van der Waals surface area contributed by atoms with E-state index < -0.39 is 0 Å². The van der Waals surface area contributed by atoms with E-state index in [0.29, 0.717) is 5.56 Å². The Balaban J connectivity index is 1.83. The van der Waals surface area contributed by atoms with Crippen LogP contribution in [0.4, 0.5) is 5.69 Å². The van der Waals surface area contributed by atoms with Gasteiger partial charge in [-0.3, -0.25) is 9.48 Å². The largest absolute Gasteiger partial charge is 0.361 e. The molecule has 120 valence electrons. The number of nitrogens with one attached hydrogen (secondary N) is 2. The van der Waals surface area contributed by atoms with Crippen molar-refractivity contribution in [2.24, 2.45) is 7.05 Å². The summed E-state index contributed by atoms with van der Waals surface area (Å²) in [5.41, 5.74) is 4.66. The number of aromatic amines is 1. The lowest BCUT2D eigenvalue weighted by Gasteiger charge is -2.09. The molecule has 6 nitrogen and oxygen atoms in total. The van der Waals surface area contributed by atoms with E-state index in [-0.39, 0.29) is 5.91 Å². The third-order valence-corrected chi connectivity index (χ3v) is 4.18. The minimum absolute atomic E-state index is 0.157. The number of benzene rings is 1. The molecule has 4 rings (SSSR count). The first-order valence-corrected chi connectivity index (χ1v) is 7.73. The Kier molecular flexibility index (Phi) is 3.13. The zero-order chi connectivity index (χ0) is 16.8. The monoisotopic (exact) mass is 319 g/mol. The summed E-state index contributed by atoms with van der Waals surface area (Å²) in [5.74, 6) is -0.157. The fourth-order valence-corrected chi connectivity index (χ4v) is 3.13. The number of pyridine rings is 1. The Morgan fingerprint density at radius 1 is 1.25 bits per heavy atom. The molecule has 0 saturated heterocycles. The average molecular weight is 319 g/mol. The van der Waals surface area contributed by atoms with Crippen LogP contribution in [0, 0.1) is 13.8 Å². The van der Waals surface area contributed by atoms with Crippen molar-refractivity contribution in [3.63, 3.8) is 0 Å². The molecule has 0 fully saturated rings. The molecular weight excluding hydrogens is 302 g/mol. The van der Waals surface area contributed by atoms with Crippen molar-refractivity contribution >= 4 is 33.5 Å². The molecule has 0 saturated carbocycles. The number of carbonyl (C=O) groups is 1. The highest BCUT2D eigenvalue weighted by atomic mass is 16.1. The maximum absolute atomic E-state index is 12.9. The van der Waals surface area contributed by atoms with E-state index in [0.717, 1.165) is 39.0 Å². The van der Waals surface area contributed by atoms with Gasteiger partial charge in [0, 0.05) is 29.8 Å². The highest BCUT2D eigenvalue weighted by Crippen LogP contribution is 2.25. The van der Waals surface area contributed by atoms with Gasteiger partial charge >= 0.3 is 0 Å². The maximum Gasteiger partial charge on any atom is 0.256 e. The number of amides is 1. The number of nitrogens with zero attached hydrogens (tertiary/aromatic N) is 3. The van der Waals surface area contributed by atoms with Gasteiger partial charge in [0.1, 0.15) is 0 Å². The third-order valence-electron chi connectivity index (χ3n) is 4.18. The standard InChI is InChI=1S/C18H17N5O/c1-10-9-13(16-11(2)22-23(3)17(16)20-10)18(24)21-15-6-4-5-14-12(15)7-8-19-14/h4-9,19H,1-3H3,(H,21,24). The van der Waals surface area contributed by atoms with Gasteiger partial charge in [-0.1, -0.05) is 6.07 Å². The number of fused-ring (bicyclic) bond motifs is 2. The first kappa shape index (κ1) is 14.4. The van der Waals surface area contributed by atoms with Crippen molar-refractivity contribution < 1.29 is 4.79 Å². The van der Waals surface area contributed by atoms with E-state index in [4.69, 9.17) is 0 Å². The molecule has 0 radical (unpaired) electrons. The Morgan fingerprint density at radius 2 is 2.08 bits per heavy atom.